The molecule has 5 aliphatic carbocycles. The van der Waals surface area contributed by atoms with Gasteiger partial charge in [0.2, 0.25) is 0 Å². The van der Waals surface area contributed by atoms with Gasteiger partial charge in [0, 0.05) is 12.6 Å². The Hall–Kier alpha value is -0.0800. The molecule has 0 heterocycles. The van der Waals surface area contributed by atoms with E-state index in [0.29, 0.717) is 5.92 Å². The van der Waals surface area contributed by atoms with Crippen LogP contribution in [0.25, 0.3) is 0 Å². The molecule has 0 radical (unpaired) electrons. The van der Waals surface area contributed by atoms with E-state index < -0.39 is 0 Å². The number of aliphatic hydroxyl groups is 1. The van der Waals surface area contributed by atoms with E-state index >= 15 is 0 Å². The van der Waals surface area contributed by atoms with Crippen molar-refractivity contribution in [1.29, 1.82) is 0 Å². The topological polar surface area (TPSA) is 32.3 Å². The number of hydrogen-bond donors (Lipinski definition) is 2. The monoisotopic (exact) mass is 235 g/mol. The first kappa shape index (κ1) is 10.8. The van der Waals surface area contributed by atoms with Crippen molar-refractivity contribution in [2.45, 2.75) is 57.1 Å². The molecule has 2 N–H and O–H groups in total. The molecule has 0 aromatic heterocycles. The van der Waals surface area contributed by atoms with Crippen molar-refractivity contribution in [3.63, 3.8) is 0 Å². The van der Waals surface area contributed by atoms with Crippen LogP contribution >= 0.6 is 0 Å². The lowest BCUT2D eigenvalue weighted by molar-refractivity contribution is -0.0180. The van der Waals surface area contributed by atoms with Crippen molar-refractivity contribution in [1.82, 2.24) is 5.32 Å². The molecule has 5 rings (SSSR count). The van der Waals surface area contributed by atoms with Crippen molar-refractivity contribution in [2.24, 2.45) is 29.6 Å². The highest BCUT2D eigenvalue weighted by Gasteiger charge is 2.48. The Bertz CT molecular complexity index is 271. The predicted octanol–water partition coefficient (Wildman–Crippen LogP) is 2.17. The van der Waals surface area contributed by atoms with Crippen molar-refractivity contribution < 1.29 is 5.11 Å². The summed E-state index contributed by atoms with van der Waals surface area (Å²) in [6.45, 7) is 0.859. The Kier molecular flexibility index (Phi) is 2.52. The van der Waals surface area contributed by atoms with Crippen LogP contribution in [0.2, 0.25) is 0 Å². The minimum atomic E-state index is -0.0628. The van der Waals surface area contributed by atoms with Gasteiger partial charge in [0.05, 0.1) is 6.10 Å². The fourth-order valence-corrected chi connectivity index (χ4v) is 5.16. The number of aliphatic hydroxyl groups excluding tert-OH is 1. The first-order valence-electron chi connectivity index (χ1n) is 7.71. The molecular formula is C15H25NO. The molecule has 5 saturated carbocycles. The van der Waals surface area contributed by atoms with Gasteiger partial charge in [0.15, 0.2) is 0 Å². The summed E-state index contributed by atoms with van der Waals surface area (Å²) in [5.41, 5.74) is 0. The summed E-state index contributed by atoms with van der Waals surface area (Å²) in [6, 6.07) is 0.746. The largest absolute Gasteiger partial charge is 0.392 e. The molecular weight excluding hydrogens is 210 g/mol. The normalized spacial score (nSPS) is 49.6. The molecule has 17 heavy (non-hydrogen) atoms. The minimum absolute atomic E-state index is 0.0628. The average molecular weight is 235 g/mol. The van der Waals surface area contributed by atoms with Crippen LogP contribution in [0, 0.1) is 29.6 Å². The minimum Gasteiger partial charge on any atom is -0.392 e. The van der Waals surface area contributed by atoms with Gasteiger partial charge >= 0.3 is 0 Å². The van der Waals surface area contributed by atoms with Gasteiger partial charge in [0.25, 0.3) is 0 Å². The first-order valence-corrected chi connectivity index (χ1v) is 7.71. The lowest BCUT2D eigenvalue weighted by Crippen LogP contribution is -2.55. The summed E-state index contributed by atoms with van der Waals surface area (Å²) in [6.07, 6.45) is 9.88. The van der Waals surface area contributed by atoms with Gasteiger partial charge in [-0.25, -0.2) is 0 Å². The highest BCUT2D eigenvalue weighted by molar-refractivity contribution is 5.01. The maximum atomic E-state index is 9.98. The molecule has 0 amide bonds. The molecule has 0 aliphatic heterocycles. The Morgan fingerprint density at radius 2 is 1.53 bits per heavy atom. The molecule has 5 aliphatic rings. The second-order valence-electron chi connectivity index (χ2n) is 7.27. The van der Waals surface area contributed by atoms with Gasteiger partial charge in [-0.1, -0.05) is 0 Å². The summed E-state index contributed by atoms with van der Waals surface area (Å²) in [5, 5.41) is 13.7. The second kappa shape index (κ2) is 3.96. The number of rotatable bonds is 4. The zero-order valence-electron chi connectivity index (χ0n) is 10.6. The van der Waals surface area contributed by atoms with E-state index in [1.54, 1.807) is 0 Å². The van der Waals surface area contributed by atoms with Gasteiger partial charge in [-0.2, -0.15) is 0 Å². The van der Waals surface area contributed by atoms with Crippen molar-refractivity contribution in [2.75, 3.05) is 6.54 Å². The summed E-state index contributed by atoms with van der Waals surface area (Å²) < 4.78 is 0. The average Bonchev–Trinajstić information content (AvgIpc) is 3.10. The SMILES string of the molecule is OC(CNC1C2CC3CC(C2)CC1C3)C1CC1. The van der Waals surface area contributed by atoms with Gasteiger partial charge < -0.3 is 10.4 Å². The molecule has 0 aromatic carbocycles. The maximum absolute atomic E-state index is 9.98. The number of nitrogens with one attached hydrogen (secondary N) is 1. The third kappa shape index (κ3) is 1.94. The molecule has 96 valence electrons. The third-order valence-corrected chi connectivity index (χ3v) is 5.96. The van der Waals surface area contributed by atoms with Crippen molar-refractivity contribution in [3.05, 3.63) is 0 Å². The van der Waals surface area contributed by atoms with Crippen LogP contribution in [-0.2, 0) is 0 Å². The highest BCUT2D eigenvalue weighted by Crippen LogP contribution is 2.53. The predicted molar refractivity (Wildman–Crippen MR) is 67.6 cm³/mol. The summed E-state index contributed by atoms with van der Waals surface area (Å²) in [4.78, 5) is 0. The third-order valence-electron chi connectivity index (χ3n) is 5.96. The maximum Gasteiger partial charge on any atom is 0.0692 e. The molecule has 1 atom stereocenters. The Balaban J connectivity index is 1.37. The fraction of sp³-hybridized carbons (Fsp3) is 1.00. The lowest BCUT2D eigenvalue weighted by Gasteiger charge is -2.54. The molecule has 5 fully saturated rings. The Labute approximate surface area is 104 Å². The van der Waals surface area contributed by atoms with Gasteiger partial charge in [-0.3, -0.25) is 0 Å². The van der Waals surface area contributed by atoms with E-state index in [-0.39, 0.29) is 6.10 Å². The Morgan fingerprint density at radius 3 is 2.06 bits per heavy atom. The zero-order chi connectivity index (χ0) is 11.4. The van der Waals surface area contributed by atoms with E-state index in [0.717, 1.165) is 36.3 Å². The van der Waals surface area contributed by atoms with E-state index in [9.17, 15) is 5.11 Å². The van der Waals surface area contributed by atoms with E-state index in [2.05, 4.69) is 5.32 Å². The van der Waals surface area contributed by atoms with Crippen LogP contribution < -0.4 is 5.32 Å². The molecule has 2 heteroatoms. The molecule has 0 aromatic rings. The van der Waals surface area contributed by atoms with Crippen molar-refractivity contribution >= 4 is 0 Å². The molecule has 2 nitrogen and oxygen atoms in total. The van der Waals surface area contributed by atoms with E-state index in [4.69, 9.17) is 0 Å². The van der Waals surface area contributed by atoms with E-state index in [1.807, 2.05) is 0 Å². The van der Waals surface area contributed by atoms with Crippen LogP contribution in [-0.4, -0.2) is 23.8 Å². The smallest absolute Gasteiger partial charge is 0.0692 e. The van der Waals surface area contributed by atoms with Crippen LogP contribution in [0.5, 0.6) is 0 Å². The lowest BCUT2D eigenvalue weighted by atomic mass is 9.54. The summed E-state index contributed by atoms with van der Waals surface area (Å²) >= 11 is 0. The standard InChI is InChI=1S/C15H25NO/c17-14(11-1-2-11)8-16-15-12-4-9-3-10(6-12)7-13(15)5-9/h9-17H,1-8H2. The van der Waals surface area contributed by atoms with Crippen LogP contribution in [0.1, 0.15) is 44.9 Å². The molecule has 1 unspecified atom stereocenters. The van der Waals surface area contributed by atoms with Crippen LogP contribution in [0.4, 0.5) is 0 Å². The Morgan fingerprint density at radius 1 is 0.941 bits per heavy atom. The number of hydrogen-bond acceptors (Lipinski definition) is 2. The molecule has 0 spiro atoms. The summed E-state index contributed by atoms with van der Waals surface area (Å²) in [5.74, 6) is 4.63. The van der Waals surface area contributed by atoms with Crippen molar-refractivity contribution in [3.8, 4) is 0 Å². The first-order chi connectivity index (χ1) is 8.29. The zero-order valence-corrected chi connectivity index (χ0v) is 10.6. The molecule has 0 saturated heterocycles. The van der Waals surface area contributed by atoms with E-state index in [1.165, 1.54) is 44.9 Å². The van der Waals surface area contributed by atoms with Gasteiger partial charge in [-0.05, 0) is 74.5 Å². The summed E-state index contributed by atoms with van der Waals surface area (Å²) in [7, 11) is 0. The fourth-order valence-electron chi connectivity index (χ4n) is 5.16. The van der Waals surface area contributed by atoms with Crippen LogP contribution in [0.15, 0.2) is 0 Å². The molecule has 4 bridgehead atoms. The highest BCUT2D eigenvalue weighted by atomic mass is 16.3. The van der Waals surface area contributed by atoms with Crippen LogP contribution in [0.3, 0.4) is 0 Å². The van der Waals surface area contributed by atoms with Gasteiger partial charge in [-0.15, -0.1) is 0 Å². The second-order valence-corrected chi connectivity index (χ2v) is 7.27. The van der Waals surface area contributed by atoms with Gasteiger partial charge in [0.1, 0.15) is 0 Å². The quantitative estimate of drug-likeness (QED) is 0.783.